The van der Waals surface area contributed by atoms with Gasteiger partial charge < -0.3 is 0 Å². The number of aryl methyl sites for hydroxylation is 2. The quantitative estimate of drug-likeness (QED) is 0.759. The van der Waals surface area contributed by atoms with Crippen LogP contribution in [0.1, 0.15) is 25.7 Å². The monoisotopic (exact) mass is 231 g/mol. The topological polar surface area (TPSA) is 30.0 Å². The van der Waals surface area contributed by atoms with Gasteiger partial charge in [-0.05, 0) is 37.1 Å². The van der Waals surface area contributed by atoms with Crippen LogP contribution in [0, 0.1) is 13.8 Å². The molecule has 0 unspecified atom stereocenters. The van der Waals surface area contributed by atoms with Gasteiger partial charge in [0.25, 0.3) is 0 Å². The van der Waals surface area contributed by atoms with Crippen LogP contribution in [0.2, 0.25) is 0 Å². The van der Waals surface area contributed by atoms with Crippen molar-refractivity contribution in [3.05, 3.63) is 51.5 Å². The minimum Gasteiger partial charge on any atom is -0.293 e. The van der Waals surface area contributed by atoms with Crippen molar-refractivity contribution < 1.29 is 4.79 Å². The summed E-state index contributed by atoms with van der Waals surface area (Å²) in [7, 11) is 0. The van der Waals surface area contributed by atoms with Crippen molar-refractivity contribution in [2.45, 2.75) is 20.3 Å². The number of nitrogens with zero attached hydrogens (tertiary/aromatic N) is 1. The first-order chi connectivity index (χ1) is 7.66. The minimum atomic E-state index is 0.175. The van der Waals surface area contributed by atoms with Crippen molar-refractivity contribution in [3.63, 3.8) is 0 Å². The number of pyridine rings is 1. The number of aromatic nitrogens is 1. The molecule has 0 aliphatic heterocycles. The molecule has 16 heavy (non-hydrogen) atoms. The molecule has 0 radical (unpaired) electrons. The fourth-order valence-electron chi connectivity index (χ4n) is 1.49. The second-order valence-corrected chi connectivity index (χ2v) is 5.07. The van der Waals surface area contributed by atoms with E-state index < -0.39 is 0 Å². The molecule has 2 rings (SSSR count). The first-order valence-electron chi connectivity index (χ1n) is 5.16. The zero-order valence-corrected chi connectivity index (χ0v) is 10.2. The lowest BCUT2D eigenvalue weighted by Crippen LogP contribution is -2.01. The maximum Gasteiger partial charge on any atom is 0.177 e. The lowest BCUT2D eigenvalue weighted by atomic mass is 10.1. The van der Waals surface area contributed by atoms with Crippen LogP contribution in [0.5, 0.6) is 0 Å². The van der Waals surface area contributed by atoms with E-state index in [-0.39, 0.29) is 5.78 Å². The highest BCUT2D eigenvalue weighted by molar-refractivity contribution is 7.14. The maximum atomic E-state index is 12.0. The largest absolute Gasteiger partial charge is 0.293 e. The molecule has 0 fully saturated rings. The Hall–Kier alpha value is -1.48. The fraction of sp³-hybridized carbons (Fsp3) is 0.231. The molecule has 0 spiro atoms. The summed E-state index contributed by atoms with van der Waals surface area (Å²) in [6.07, 6.45) is 3.89. The first-order valence-corrected chi connectivity index (χ1v) is 5.97. The van der Waals surface area contributed by atoms with Gasteiger partial charge in [0.2, 0.25) is 0 Å². The average molecular weight is 231 g/mol. The summed E-state index contributed by atoms with van der Waals surface area (Å²) in [5, 5.41) is 0. The Balaban J connectivity index is 2.15. The van der Waals surface area contributed by atoms with Crippen molar-refractivity contribution in [3.8, 4) is 0 Å². The molecule has 2 nitrogen and oxygen atoms in total. The van der Waals surface area contributed by atoms with Crippen LogP contribution in [0.4, 0.5) is 0 Å². The van der Waals surface area contributed by atoms with Crippen molar-refractivity contribution in [2.24, 2.45) is 0 Å². The lowest BCUT2D eigenvalue weighted by molar-refractivity contribution is 0.0996. The smallest absolute Gasteiger partial charge is 0.177 e. The molecule has 2 heterocycles. The third-order valence-corrected chi connectivity index (χ3v) is 3.72. The standard InChI is InChI=1S/C13H13NOS/c1-9-6-13(16-10(9)2)12(15)7-11-4-3-5-14-8-11/h3-6,8H,7H2,1-2H3. The summed E-state index contributed by atoms with van der Waals surface area (Å²) < 4.78 is 0. The summed E-state index contributed by atoms with van der Waals surface area (Å²) in [6.45, 7) is 4.08. The van der Waals surface area contributed by atoms with E-state index in [4.69, 9.17) is 0 Å². The molecule has 0 aromatic carbocycles. The Morgan fingerprint density at radius 3 is 2.81 bits per heavy atom. The second kappa shape index (κ2) is 4.58. The minimum absolute atomic E-state index is 0.175. The third kappa shape index (κ3) is 2.36. The van der Waals surface area contributed by atoms with Crippen LogP contribution in [0.25, 0.3) is 0 Å². The molecule has 0 atom stereocenters. The zero-order chi connectivity index (χ0) is 11.5. The summed E-state index contributed by atoms with van der Waals surface area (Å²) in [6, 6.07) is 5.75. The van der Waals surface area contributed by atoms with Gasteiger partial charge >= 0.3 is 0 Å². The van der Waals surface area contributed by atoms with Gasteiger partial charge in [-0.25, -0.2) is 0 Å². The molecule has 0 amide bonds. The van der Waals surface area contributed by atoms with Crippen molar-refractivity contribution in [2.75, 3.05) is 0 Å². The van der Waals surface area contributed by atoms with Crippen LogP contribution < -0.4 is 0 Å². The van der Waals surface area contributed by atoms with E-state index in [1.165, 1.54) is 10.4 Å². The second-order valence-electron chi connectivity index (χ2n) is 3.81. The summed E-state index contributed by atoms with van der Waals surface area (Å²) >= 11 is 1.57. The molecule has 3 heteroatoms. The summed E-state index contributed by atoms with van der Waals surface area (Å²) in [5.74, 6) is 0.175. The van der Waals surface area contributed by atoms with Gasteiger partial charge in [0.1, 0.15) is 0 Å². The molecule has 0 aliphatic rings. The Morgan fingerprint density at radius 2 is 2.25 bits per heavy atom. The van der Waals surface area contributed by atoms with Crippen molar-refractivity contribution in [1.82, 2.24) is 4.98 Å². The van der Waals surface area contributed by atoms with E-state index in [2.05, 4.69) is 4.98 Å². The predicted molar refractivity (Wildman–Crippen MR) is 66.1 cm³/mol. The molecular formula is C13H13NOS. The van der Waals surface area contributed by atoms with Gasteiger partial charge in [-0.2, -0.15) is 0 Å². The van der Waals surface area contributed by atoms with Crippen LogP contribution >= 0.6 is 11.3 Å². The average Bonchev–Trinajstić information content (AvgIpc) is 2.61. The highest BCUT2D eigenvalue weighted by atomic mass is 32.1. The summed E-state index contributed by atoms with van der Waals surface area (Å²) in [5.41, 5.74) is 2.16. The molecule has 0 N–H and O–H groups in total. The first kappa shape index (κ1) is 11.0. The van der Waals surface area contributed by atoms with Crippen LogP contribution in [0.3, 0.4) is 0 Å². The number of carbonyl (C=O) groups excluding carboxylic acids is 1. The molecule has 0 aliphatic carbocycles. The number of rotatable bonds is 3. The van der Waals surface area contributed by atoms with E-state index in [1.807, 2.05) is 32.0 Å². The number of ketones is 1. The van der Waals surface area contributed by atoms with E-state index in [1.54, 1.807) is 23.7 Å². The van der Waals surface area contributed by atoms with E-state index in [0.717, 1.165) is 10.4 Å². The predicted octanol–water partition coefficient (Wildman–Crippen LogP) is 3.19. The molecule has 82 valence electrons. The van der Waals surface area contributed by atoms with Gasteiger partial charge in [0.05, 0.1) is 4.88 Å². The third-order valence-electron chi connectivity index (χ3n) is 2.53. The Kier molecular flexibility index (Phi) is 3.15. The molecule has 0 saturated carbocycles. The lowest BCUT2D eigenvalue weighted by Gasteiger charge is -1.97. The molecule has 2 aromatic heterocycles. The van der Waals surface area contributed by atoms with Crippen LogP contribution in [-0.4, -0.2) is 10.8 Å². The fourth-order valence-corrected chi connectivity index (χ4v) is 2.46. The van der Waals surface area contributed by atoms with E-state index >= 15 is 0 Å². The van der Waals surface area contributed by atoms with E-state index in [9.17, 15) is 4.79 Å². The van der Waals surface area contributed by atoms with Crippen molar-refractivity contribution >= 4 is 17.1 Å². The normalized spacial score (nSPS) is 10.4. The number of Topliss-reactive ketones (excluding diaryl/α,β-unsaturated/α-hetero) is 1. The highest BCUT2D eigenvalue weighted by Gasteiger charge is 2.11. The highest BCUT2D eigenvalue weighted by Crippen LogP contribution is 2.22. The Bertz CT molecular complexity index is 482. The summed E-state index contributed by atoms with van der Waals surface area (Å²) in [4.78, 5) is 18.0. The molecule has 0 saturated heterocycles. The number of hydrogen-bond donors (Lipinski definition) is 0. The van der Waals surface area contributed by atoms with Crippen molar-refractivity contribution in [1.29, 1.82) is 0 Å². The number of thiophene rings is 1. The zero-order valence-electron chi connectivity index (χ0n) is 9.36. The number of hydrogen-bond acceptors (Lipinski definition) is 3. The van der Waals surface area contributed by atoms with Crippen LogP contribution in [0.15, 0.2) is 30.6 Å². The van der Waals surface area contributed by atoms with Gasteiger partial charge in [0, 0.05) is 23.7 Å². The van der Waals surface area contributed by atoms with Crippen LogP contribution in [-0.2, 0) is 6.42 Å². The maximum absolute atomic E-state index is 12.0. The number of carbonyl (C=O) groups is 1. The van der Waals surface area contributed by atoms with Gasteiger partial charge in [-0.3, -0.25) is 9.78 Å². The van der Waals surface area contributed by atoms with Gasteiger partial charge in [-0.1, -0.05) is 6.07 Å². The van der Waals surface area contributed by atoms with Gasteiger partial charge in [-0.15, -0.1) is 11.3 Å². The van der Waals surface area contributed by atoms with Gasteiger partial charge in [0.15, 0.2) is 5.78 Å². The Morgan fingerprint density at radius 1 is 1.44 bits per heavy atom. The molecule has 2 aromatic rings. The van der Waals surface area contributed by atoms with E-state index in [0.29, 0.717) is 6.42 Å². The molecular weight excluding hydrogens is 218 g/mol. The SMILES string of the molecule is Cc1cc(C(=O)Cc2cccnc2)sc1C. The molecule has 0 bridgehead atoms. The Labute approximate surface area is 99.0 Å².